The summed E-state index contributed by atoms with van der Waals surface area (Å²) >= 11 is 11.9. The van der Waals surface area contributed by atoms with Crippen LogP contribution in [0, 0.1) is 0 Å². The maximum atomic E-state index is 12.4. The fourth-order valence-corrected chi connectivity index (χ4v) is 4.14. The number of hydrazone groups is 1. The molecule has 0 saturated carbocycles. The number of rotatable bonds is 8. The first-order valence-electron chi connectivity index (χ1n) is 10.3. The van der Waals surface area contributed by atoms with Crippen LogP contribution in [-0.4, -0.2) is 38.7 Å². The summed E-state index contributed by atoms with van der Waals surface area (Å²) in [5.74, 6) is -0.874. The molecular formula is C24H22Cl2N4O4S. The van der Waals surface area contributed by atoms with Gasteiger partial charge in [0.1, 0.15) is 6.54 Å². The van der Waals surface area contributed by atoms with E-state index in [2.05, 4.69) is 15.8 Å². The van der Waals surface area contributed by atoms with Gasteiger partial charge in [-0.25, -0.2) is 13.8 Å². The Hall–Kier alpha value is -3.40. The van der Waals surface area contributed by atoms with Crippen LogP contribution in [0.4, 0.5) is 11.4 Å². The van der Waals surface area contributed by atoms with Gasteiger partial charge in [-0.1, -0.05) is 53.5 Å². The van der Waals surface area contributed by atoms with E-state index in [0.29, 0.717) is 22.5 Å². The van der Waals surface area contributed by atoms with Gasteiger partial charge in [-0.15, -0.1) is 0 Å². The highest BCUT2D eigenvalue weighted by Gasteiger charge is 2.21. The molecule has 3 rings (SSSR count). The third-order valence-corrected chi connectivity index (χ3v) is 6.70. The first-order chi connectivity index (χ1) is 16.5. The molecular weight excluding hydrogens is 511 g/mol. The Morgan fingerprint density at radius 1 is 0.914 bits per heavy atom. The second kappa shape index (κ2) is 11.4. The molecule has 0 aliphatic rings. The normalized spacial score (nSPS) is 11.6. The monoisotopic (exact) mass is 532 g/mol. The molecule has 35 heavy (non-hydrogen) atoms. The van der Waals surface area contributed by atoms with Gasteiger partial charge >= 0.3 is 0 Å². The predicted molar refractivity (Wildman–Crippen MR) is 140 cm³/mol. The molecule has 0 fully saturated rings. The molecule has 0 heterocycles. The van der Waals surface area contributed by atoms with Crippen LogP contribution in [0.25, 0.3) is 0 Å². The summed E-state index contributed by atoms with van der Waals surface area (Å²) in [5, 5.41) is 7.28. The van der Waals surface area contributed by atoms with E-state index >= 15 is 0 Å². The Morgan fingerprint density at radius 3 is 2.17 bits per heavy atom. The van der Waals surface area contributed by atoms with Gasteiger partial charge in [0, 0.05) is 11.3 Å². The van der Waals surface area contributed by atoms with Crippen LogP contribution >= 0.6 is 23.2 Å². The molecule has 0 spiro atoms. The summed E-state index contributed by atoms with van der Waals surface area (Å²) in [6.07, 6.45) is 0.982. The largest absolute Gasteiger partial charge is 0.322 e. The number of sulfonamides is 1. The van der Waals surface area contributed by atoms with Gasteiger partial charge in [0.05, 0.1) is 27.7 Å². The van der Waals surface area contributed by atoms with Crippen molar-refractivity contribution in [3.8, 4) is 0 Å². The summed E-state index contributed by atoms with van der Waals surface area (Å²) in [6, 6.07) is 20.0. The fraction of sp³-hybridized carbons (Fsp3) is 0.125. The predicted octanol–water partition coefficient (Wildman–Crippen LogP) is 4.55. The second-order valence-corrected chi connectivity index (χ2v) is 10.2. The minimum atomic E-state index is -3.78. The summed E-state index contributed by atoms with van der Waals surface area (Å²) in [4.78, 5) is 24.7. The smallest absolute Gasteiger partial charge is 0.260 e. The number of halogens is 2. The van der Waals surface area contributed by atoms with Crippen LogP contribution in [0.15, 0.2) is 77.9 Å². The SMILES string of the molecule is C/C(=N/NC(=O)CN(c1ccc(Cl)c(Cl)c1)S(C)(=O)=O)c1ccc(NC(=O)c2ccccc2)cc1. The van der Waals surface area contributed by atoms with E-state index in [1.807, 2.05) is 6.07 Å². The maximum absolute atomic E-state index is 12.4. The van der Waals surface area contributed by atoms with Crippen molar-refractivity contribution in [3.05, 3.63) is 94.0 Å². The molecule has 0 aliphatic heterocycles. The van der Waals surface area contributed by atoms with Crippen LogP contribution < -0.4 is 15.0 Å². The van der Waals surface area contributed by atoms with E-state index in [0.717, 1.165) is 10.6 Å². The molecule has 0 atom stereocenters. The molecule has 0 unspecified atom stereocenters. The van der Waals surface area contributed by atoms with Crippen molar-refractivity contribution in [1.29, 1.82) is 0 Å². The molecule has 2 N–H and O–H groups in total. The van der Waals surface area contributed by atoms with Gasteiger partial charge in [-0.05, 0) is 55.0 Å². The fourth-order valence-electron chi connectivity index (χ4n) is 3.00. The van der Waals surface area contributed by atoms with E-state index in [1.54, 1.807) is 55.5 Å². The molecule has 3 aromatic rings. The number of anilines is 2. The van der Waals surface area contributed by atoms with Crippen LogP contribution in [0.3, 0.4) is 0 Å². The van der Waals surface area contributed by atoms with Gasteiger partial charge in [-0.2, -0.15) is 5.10 Å². The Morgan fingerprint density at radius 2 is 1.57 bits per heavy atom. The summed E-state index contributed by atoms with van der Waals surface area (Å²) in [5.41, 5.74) is 4.89. The van der Waals surface area contributed by atoms with Gasteiger partial charge in [0.2, 0.25) is 10.0 Å². The number of hydrogen-bond acceptors (Lipinski definition) is 5. The molecule has 8 nitrogen and oxygen atoms in total. The Kier molecular flexibility index (Phi) is 8.50. The molecule has 0 aliphatic carbocycles. The van der Waals surface area contributed by atoms with Crippen molar-refractivity contribution in [3.63, 3.8) is 0 Å². The standard InChI is InChI=1S/C24H22Cl2N4O4S/c1-16(17-8-10-19(11-9-17)27-24(32)18-6-4-3-5-7-18)28-29-23(31)15-30(35(2,33)34)20-12-13-21(25)22(26)14-20/h3-14H,15H2,1-2H3,(H,27,32)(H,29,31)/b28-16-. The van der Waals surface area contributed by atoms with Gasteiger partial charge in [0.25, 0.3) is 11.8 Å². The number of carbonyl (C=O) groups is 2. The molecule has 0 bridgehead atoms. The van der Waals surface area contributed by atoms with Crippen molar-refractivity contribution in [2.75, 3.05) is 22.4 Å². The minimum Gasteiger partial charge on any atom is -0.322 e. The summed E-state index contributed by atoms with van der Waals surface area (Å²) in [7, 11) is -3.78. The zero-order valence-electron chi connectivity index (χ0n) is 18.8. The number of nitrogens with zero attached hydrogens (tertiary/aromatic N) is 2. The van der Waals surface area contributed by atoms with E-state index in [4.69, 9.17) is 23.2 Å². The van der Waals surface area contributed by atoms with Crippen LogP contribution in [-0.2, 0) is 14.8 Å². The number of carbonyl (C=O) groups excluding carboxylic acids is 2. The van der Waals surface area contributed by atoms with Crippen LogP contribution in [0.1, 0.15) is 22.8 Å². The average Bonchev–Trinajstić information content (AvgIpc) is 2.83. The number of hydrogen-bond donors (Lipinski definition) is 2. The van der Waals surface area contributed by atoms with Crippen molar-refractivity contribution in [2.24, 2.45) is 5.10 Å². The first kappa shape index (κ1) is 26.2. The van der Waals surface area contributed by atoms with Crippen molar-refractivity contribution >= 4 is 62.1 Å². The van der Waals surface area contributed by atoms with Crippen molar-refractivity contribution < 1.29 is 18.0 Å². The first-order valence-corrected chi connectivity index (χ1v) is 12.9. The molecule has 3 aromatic carbocycles. The minimum absolute atomic E-state index is 0.162. The Labute approximate surface area is 213 Å². The lowest BCUT2D eigenvalue weighted by atomic mass is 10.1. The lowest BCUT2D eigenvalue weighted by Gasteiger charge is -2.21. The Balaban J connectivity index is 1.64. The molecule has 0 aromatic heterocycles. The number of amides is 2. The van der Waals surface area contributed by atoms with E-state index in [9.17, 15) is 18.0 Å². The number of nitrogens with one attached hydrogen (secondary N) is 2. The lowest BCUT2D eigenvalue weighted by molar-refractivity contribution is -0.119. The third-order valence-electron chi connectivity index (χ3n) is 4.82. The van der Waals surface area contributed by atoms with Gasteiger partial charge < -0.3 is 5.32 Å². The maximum Gasteiger partial charge on any atom is 0.260 e. The molecule has 0 saturated heterocycles. The van der Waals surface area contributed by atoms with E-state index < -0.39 is 22.5 Å². The second-order valence-electron chi connectivity index (χ2n) is 7.50. The van der Waals surface area contributed by atoms with Crippen LogP contribution in [0.5, 0.6) is 0 Å². The molecule has 2 amide bonds. The van der Waals surface area contributed by atoms with Crippen molar-refractivity contribution in [1.82, 2.24) is 5.43 Å². The Bertz CT molecular complexity index is 1360. The molecule has 11 heteroatoms. The topological polar surface area (TPSA) is 108 Å². The van der Waals surface area contributed by atoms with E-state index in [-0.39, 0.29) is 21.6 Å². The van der Waals surface area contributed by atoms with Gasteiger partial charge in [0.15, 0.2) is 0 Å². The van der Waals surface area contributed by atoms with E-state index in [1.165, 1.54) is 18.2 Å². The van der Waals surface area contributed by atoms with Crippen molar-refractivity contribution in [2.45, 2.75) is 6.92 Å². The zero-order valence-corrected chi connectivity index (χ0v) is 21.2. The summed E-state index contributed by atoms with van der Waals surface area (Å²) in [6.45, 7) is 1.18. The highest BCUT2D eigenvalue weighted by Crippen LogP contribution is 2.28. The number of benzene rings is 3. The highest BCUT2D eigenvalue weighted by atomic mass is 35.5. The zero-order chi connectivity index (χ0) is 25.6. The quantitative estimate of drug-likeness (QED) is 0.327. The lowest BCUT2D eigenvalue weighted by Crippen LogP contribution is -2.39. The highest BCUT2D eigenvalue weighted by molar-refractivity contribution is 7.92. The average molecular weight is 533 g/mol. The molecule has 0 radical (unpaired) electrons. The molecule has 182 valence electrons. The third kappa shape index (κ3) is 7.29. The summed E-state index contributed by atoms with van der Waals surface area (Å²) < 4.78 is 25.4. The van der Waals surface area contributed by atoms with Gasteiger partial charge in [-0.3, -0.25) is 13.9 Å². The van der Waals surface area contributed by atoms with Crippen LogP contribution in [0.2, 0.25) is 10.0 Å².